The van der Waals surface area contributed by atoms with Crippen molar-refractivity contribution in [2.45, 2.75) is 33.0 Å². The van der Waals surface area contributed by atoms with Gasteiger partial charge in [-0.05, 0) is 12.5 Å². The predicted octanol–water partition coefficient (Wildman–Crippen LogP) is 3.15. The zero-order valence-electron chi connectivity index (χ0n) is 9.87. The van der Waals surface area contributed by atoms with Gasteiger partial charge in [-0.1, -0.05) is 25.2 Å². The van der Waals surface area contributed by atoms with E-state index in [1.54, 1.807) is 0 Å². The lowest BCUT2D eigenvalue weighted by molar-refractivity contribution is -0.230. The molecule has 0 aromatic heterocycles. The molecule has 2 unspecified atom stereocenters. The van der Waals surface area contributed by atoms with Crippen LogP contribution in [0.25, 0.3) is 0 Å². The average Bonchev–Trinajstić information content (AvgIpc) is 2.14. The number of allylic oxidation sites excluding steroid dienone is 2. The Bertz CT molecular complexity index is 279. The lowest BCUT2D eigenvalue weighted by atomic mass is 9.93. The molecule has 0 radical (unpaired) electrons. The number of hydrogen-bond acceptors (Lipinski definition) is 2. The monoisotopic (exact) mass is 232 g/mol. The van der Waals surface area contributed by atoms with Crippen molar-refractivity contribution in [1.29, 1.82) is 0 Å². The highest BCUT2D eigenvalue weighted by atomic mass is 19.3. The third-order valence-corrected chi connectivity index (χ3v) is 2.44. The van der Waals surface area contributed by atoms with E-state index >= 15 is 0 Å². The van der Waals surface area contributed by atoms with Crippen molar-refractivity contribution in [3.8, 4) is 0 Å². The van der Waals surface area contributed by atoms with Crippen molar-refractivity contribution in [2.75, 3.05) is 13.2 Å². The van der Waals surface area contributed by atoms with Gasteiger partial charge in [0.05, 0.1) is 19.3 Å². The first-order chi connectivity index (χ1) is 7.40. The number of alkyl halides is 2. The van der Waals surface area contributed by atoms with Gasteiger partial charge < -0.3 is 9.47 Å². The molecule has 1 aliphatic rings. The summed E-state index contributed by atoms with van der Waals surface area (Å²) in [5.74, 6) is 0.270. The predicted molar refractivity (Wildman–Crippen MR) is 58.4 cm³/mol. The SMILES string of the molecule is CC1=CC=CC(C)C1OCCOC(C)(F)F. The summed E-state index contributed by atoms with van der Waals surface area (Å²) < 4.78 is 34.5. The molecule has 0 saturated heterocycles. The van der Waals surface area contributed by atoms with Gasteiger partial charge >= 0.3 is 6.11 Å². The minimum Gasteiger partial charge on any atom is -0.371 e. The van der Waals surface area contributed by atoms with E-state index in [1.165, 1.54) is 0 Å². The summed E-state index contributed by atoms with van der Waals surface area (Å²) in [4.78, 5) is 0. The fourth-order valence-corrected chi connectivity index (χ4v) is 1.67. The van der Waals surface area contributed by atoms with Gasteiger partial charge in [0, 0.05) is 12.8 Å². The van der Waals surface area contributed by atoms with Crippen molar-refractivity contribution in [2.24, 2.45) is 5.92 Å². The Kier molecular flexibility index (Phi) is 4.62. The molecule has 0 saturated carbocycles. The third-order valence-electron chi connectivity index (χ3n) is 2.44. The first-order valence-electron chi connectivity index (χ1n) is 5.38. The summed E-state index contributed by atoms with van der Waals surface area (Å²) >= 11 is 0. The molecule has 0 aliphatic heterocycles. The molecule has 0 heterocycles. The molecule has 1 aliphatic carbocycles. The average molecular weight is 232 g/mol. The Morgan fingerprint density at radius 1 is 1.38 bits per heavy atom. The van der Waals surface area contributed by atoms with Gasteiger partial charge in [0.25, 0.3) is 0 Å². The summed E-state index contributed by atoms with van der Waals surface area (Å²) in [5, 5.41) is 0. The van der Waals surface area contributed by atoms with Crippen LogP contribution in [0, 0.1) is 5.92 Å². The number of ether oxygens (including phenoxy) is 2. The molecule has 0 fully saturated rings. The van der Waals surface area contributed by atoms with Crippen LogP contribution in [0.1, 0.15) is 20.8 Å². The molecule has 16 heavy (non-hydrogen) atoms. The highest BCUT2D eigenvalue weighted by molar-refractivity contribution is 5.22. The second-order valence-electron chi connectivity index (χ2n) is 4.10. The van der Waals surface area contributed by atoms with Crippen LogP contribution < -0.4 is 0 Å². The van der Waals surface area contributed by atoms with Crippen molar-refractivity contribution < 1.29 is 18.3 Å². The molecule has 2 nitrogen and oxygen atoms in total. The minimum atomic E-state index is -3.08. The molecular formula is C12H18F2O2. The molecule has 0 bridgehead atoms. The Morgan fingerprint density at radius 3 is 2.62 bits per heavy atom. The number of halogens is 2. The lowest BCUT2D eigenvalue weighted by Crippen LogP contribution is -2.27. The van der Waals surface area contributed by atoms with Gasteiger partial charge in [-0.25, -0.2) is 0 Å². The van der Waals surface area contributed by atoms with Gasteiger partial charge in [0.1, 0.15) is 0 Å². The fraction of sp³-hybridized carbons (Fsp3) is 0.667. The Morgan fingerprint density at radius 2 is 2.06 bits per heavy atom. The van der Waals surface area contributed by atoms with Crippen LogP contribution in [0.15, 0.2) is 23.8 Å². The lowest BCUT2D eigenvalue weighted by Gasteiger charge is -2.25. The second kappa shape index (κ2) is 5.55. The topological polar surface area (TPSA) is 18.5 Å². The van der Waals surface area contributed by atoms with E-state index in [2.05, 4.69) is 4.74 Å². The molecule has 0 aromatic carbocycles. The Labute approximate surface area is 94.9 Å². The molecule has 0 N–H and O–H groups in total. The molecule has 1 rings (SSSR count). The zero-order valence-corrected chi connectivity index (χ0v) is 9.87. The van der Waals surface area contributed by atoms with Gasteiger partial charge in [-0.15, -0.1) is 0 Å². The molecular weight excluding hydrogens is 214 g/mol. The Hall–Kier alpha value is -0.740. The standard InChI is InChI=1S/C12H18F2O2/c1-9-5-4-6-10(2)11(9)15-7-8-16-12(3,13)14/h4-6,9,11H,7-8H2,1-3H3. The van der Waals surface area contributed by atoms with Crippen LogP contribution in [0.4, 0.5) is 8.78 Å². The fourth-order valence-electron chi connectivity index (χ4n) is 1.67. The van der Waals surface area contributed by atoms with Crippen LogP contribution in [0.5, 0.6) is 0 Å². The maximum atomic E-state index is 12.3. The van der Waals surface area contributed by atoms with Crippen molar-refractivity contribution in [3.05, 3.63) is 23.8 Å². The van der Waals surface area contributed by atoms with Gasteiger partial charge in [-0.2, -0.15) is 8.78 Å². The van der Waals surface area contributed by atoms with Crippen molar-refractivity contribution in [1.82, 2.24) is 0 Å². The van der Waals surface area contributed by atoms with E-state index in [1.807, 2.05) is 32.1 Å². The third kappa shape index (κ3) is 4.41. The largest absolute Gasteiger partial charge is 0.371 e. The van der Waals surface area contributed by atoms with Crippen LogP contribution in [0.2, 0.25) is 0 Å². The summed E-state index contributed by atoms with van der Waals surface area (Å²) in [6.07, 6.45) is 2.88. The first-order valence-corrected chi connectivity index (χ1v) is 5.38. The molecule has 2 atom stereocenters. The van der Waals surface area contributed by atoms with Crippen LogP contribution in [0.3, 0.4) is 0 Å². The molecule has 4 heteroatoms. The Balaban J connectivity index is 2.28. The smallest absolute Gasteiger partial charge is 0.353 e. The van der Waals surface area contributed by atoms with Crippen LogP contribution in [-0.4, -0.2) is 25.4 Å². The quantitative estimate of drug-likeness (QED) is 0.678. The summed E-state index contributed by atoms with van der Waals surface area (Å²) in [6, 6.07) is 0. The highest BCUT2D eigenvalue weighted by Crippen LogP contribution is 2.22. The first kappa shape index (κ1) is 13.3. The molecule has 92 valence electrons. The molecule has 0 spiro atoms. The van der Waals surface area contributed by atoms with E-state index in [0.29, 0.717) is 0 Å². The van der Waals surface area contributed by atoms with Crippen molar-refractivity contribution in [3.63, 3.8) is 0 Å². The molecule has 0 aromatic rings. The van der Waals surface area contributed by atoms with Gasteiger partial charge in [-0.3, -0.25) is 0 Å². The maximum absolute atomic E-state index is 12.3. The van der Waals surface area contributed by atoms with E-state index in [9.17, 15) is 8.78 Å². The summed E-state index contributed by atoms with van der Waals surface area (Å²) in [7, 11) is 0. The second-order valence-corrected chi connectivity index (χ2v) is 4.10. The van der Waals surface area contributed by atoms with E-state index < -0.39 is 6.11 Å². The summed E-state index contributed by atoms with van der Waals surface area (Å²) in [5.41, 5.74) is 1.11. The molecule has 0 amide bonds. The normalized spacial score (nSPS) is 25.7. The minimum absolute atomic E-state index is 0.0286. The maximum Gasteiger partial charge on any atom is 0.353 e. The zero-order chi connectivity index (χ0) is 12.2. The van der Waals surface area contributed by atoms with Crippen LogP contribution in [-0.2, 0) is 9.47 Å². The summed E-state index contributed by atoms with van der Waals surface area (Å²) in [6.45, 7) is 4.82. The van der Waals surface area contributed by atoms with Crippen molar-refractivity contribution >= 4 is 0 Å². The van der Waals surface area contributed by atoms with Gasteiger partial charge in [0.15, 0.2) is 0 Å². The van der Waals surface area contributed by atoms with Gasteiger partial charge in [0.2, 0.25) is 0 Å². The highest BCUT2D eigenvalue weighted by Gasteiger charge is 2.23. The van der Waals surface area contributed by atoms with E-state index in [-0.39, 0.29) is 25.2 Å². The van der Waals surface area contributed by atoms with E-state index in [0.717, 1.165) is 12.5 Å². The number of hydrogen-bond donors (Lipinski definition) is 0. The number of rotatable bonds is 5. The van der Waals surface area contributed by atoms with Crippen LogP contribution >= 0.6 is 0 Å². The van der Waals surface area contributed by atoms with E-state index in [4.69, 9.17) is 4.74 Å².